The number of rotatable bonds is 7. The van der Waals surface area contributed by atoms with Gasteiger partial charge in [0.2, 0.25) is 5.24 Å². The lowest BCUT2D eigenvalue weighted by molar-refractivity contribution is -0.113. The van der Waals surface area contributed by atoms with Gasteiger partial charge in [0.15, 0.2) is 0 Å². The molecule has 0 saturated heterocycles. The minimum absolute atomic E-state index is 0.179. The van der Waals surface area contributed by atoms with Crippen LogP contribution in [0.25, 0.3) is 0 Å². The fourth-order valence-electron chi connectivity index (χ4n) is 1.99. The van der Waals surface area contributed by atoms with E-state index in [1.54, 1.807) is 0 Å². The molecule has 0 aromatic heterocycles. The van der Waals surface area contributed by atoms with Crippen LogP contribution in [0.3, 0.4) is 0 Å². The summed E-state index contributed by atoms with van der Waals surface area (Å²) in [6.07, 6.45) is 5.20. The van der Waals surface area contributed by atoms with E-state index in [1.807, 2.05) is 0 Å². The topological polar surface area (TPSA) is 17.1 Å². The molecule has 0 N–H and O–H groups in total. The summed E-state index contributed by atoms with van der Waals surface area (Å²) in [5.74, 6) is 1.17. The first kappa shape index (κ1) is 13.0. The van der Waals surface area contributed by atoms with Crippen molar-refractivity contribution in [2.45, 2.75) is 52.9 Å². The van der Waals surface area contributed by atoms with Gasteiger partial charge in [-0.1, -0.05) is 46.5 Å². The van der Waals surface area contributed by atoms with Crippen molar-refractivity contribution in [3.05, 3.63) is 0 Å². The molecule has 13 heavy (non-hydrogen) atoms. The van der Waals surface area contributed by atoms with Crippen molar-refractivity contribution in [1.82, 2.24) is 0 Å². The number of carbonyl (C=O) groups excluding carboxylic acids is 1. The van der Waals surface area contributed by atoms with E-state index in [1.165, 1.54) is 12.8 Å². The molecule has 0 rings (SSSR count). The molecule has 0 aliphatic carbocycles. The van der Waals surface area contributed by atoms with Gasteiger partial charge in [-0.2, -0.15) is 0 Å². The van der Waals surface area contributed by atoms with Gasteiger partial charge in [0.1, 0.15) is 0 Å². The van der Waals surface area contributed by atoms with E-state index < -0.39 is 0 Å². The molecule has 0 radical (unpaired) electrons. The molecule has 78 valence electrons. The molecule has 0 aromatic rings. The summed E-state index contributed by atoms with van der Waals surface area (Å²) in [6.45, 7) is 6.53. The molecular formula is C11H21ClO. The van der Waals surface area contributed by atoms with E-state index in [-0.39, 0.29) is 5.24 Å². The van der Waals surface area contributed by atoms with Gasteiger partial charge in [0, 0.05) is 6.42 Å². The second-order valence-electron chi connectivity index (χ2n) is 3.68. The quantitative estimate of drug-likeness (QED) is 0.573. The molecule has 0 heterocycles. The minimum atomic E-state index is -0.179. The molecule has 0 saturated carbocycles. The molecule has 1 nitrogen and oxygen atoms in total. The number of carbonyl (C=O) groups is 1. The molecule has 2 atom stereocenters. The van der Waals surface area contributed by atoms with Crippen LogP contribution in [-0.4, -0.2) is 5.24 Å². The summed E-state index contributed by atoms with van der Waals surface area (Å²) < 4.78 is 0. The van der Waals surface area contributed by atoms with Crippen LogP contribution in [0, 0.1) is 11.8 Å². The van der Waals surface area contributed by atoms with Crippen LogP contribution in [-0.2, 0) is 4.79 Å². The van der Waals surface area contributed by atoms with Crippen molar-refractivity contribution in [2.75, 3.05) is 0 Å². The fourth-order valence-corrected chi connectivity index (χ4v) is 2.19. The average Bonchev–Trinajstić information content (AvgIpc) is 2.10. The highest BCUT2D eigenvalue weighted by Crippen LogP contribution is 2.27. The zero-order valence-corrected chi connectivity index (χ0v) is 9.73. The van der Waals surface area contributed by atoms with Gasteiger partial charge in [0.25, 0.3) is 0 Å². The van der Waals surface area contributed by atoms with Crippen LogP contribution in [0.1, 0.15) is 52.9 Å². The summed E-state index contributed by atoms with van der Waals surface area (Å²) in [4.78, 5) is 10.8. The first-order valence-corrected chi connectivity index (χ1v) is 5.71. The van der Waals surface area contributed by atoms with E-state index in [4.69, 9.17) is 11.6 Å². The van der Waals surface area contributed by atoms with Crippen LogP contribution in [0.2, 0.25) is 0 Å². The zero-order valence-electron chi connectivity index (χ0n) is 8.98. The standard InChI is InChI=1S/C11H21ClO/c1-4-7-9(5-2)10(6-3)8-11(12)13/h9-10H,4-8H2,1-3H3. The van der Waals surface area contributed by atoms with Gasteiger partial charge >= 0.3 is 0 Å². The highest BCUT2D eigenvalue weighted by Gasteiger charge is 2.19. The molecular weight excluding hydrogens is 184 g/mol. The predicted molar refractivity (Wildman–Crippen MR) is 57.9 cm³/mol. The second kappa shape index (κ2) is 7.37. The van der Waals surface area contributed by atoms with E-state index in [9.17, 15) is 4.79 Å². The van der Waals surface area contributed by atoms with Crippen LogP contribution in [0.15, 0.2) is 0 Å². The smallest absolute Gasteiger partial charge is 0.221 e. The number of hydrogen-bond acceptors (Lipinski definition) is 1. The van der Waals surface area contributed by atoms with Crippen molar-refractivity contribution in [1.29, 1.82) is 0 Å². The van der Waals surface area contributed by atoms with Crippen molar-refractivity contribution in [2.24, 2.45) is 11.8 Å². The third-order valence-corrected chi connectivity index (χ3v) is 2.95. The lowest BCUT2D eigenvalue weighted by atomic mass is 9.83. The van der Waals surface area contributed by atoms with Crippen LogP contribution in [0.5, 0.6) is 0 Å². The van der Waals surface area contributed by atoms with Gasteiger partial charge in [-0.15, -0.1) is 0 Å². The Morgan fingerprint density at radius 2 is 1.69 bits per heavy atom. The van der Waals surface area contributed by atoms with Gasteiger partial charge < -0.3 is 0 Å². The zero-order chi connectivity index (χ0) is 10.3. The summed E-state index contributed by atoms with van der Waals surface area (Å²) in [7, 11) is 0. The normalized spacial score (nSPS) is 15.4. The molecule has 2 unspecified atom stereocenters. The van der Waals surface area contributed by atoms with E-state index in [2.05, 4.69) is 20.8 Å². The average molecular weight is 205 g/mol. The van der Waals surface area contributed by atoms with Crippen molar-refractivity contribution < 1.29 is 4.79 Å². The summed E-state index contributed by atoms with van der Waals surface area (Å²) in [5.41, 5.74) is 0. The summed E-state index contributed by atoms with van der Waals surface area (Å²) in [5, 5.41) is -0.179. The predicted octanol–water partition coefficient (Wildman–Crippen LogP) is 3.99. The Morgan fingerprint density at radius 1 is 1.15 bits per heavy atom. The van der Waals surface area contributed by atoms with Crippen molar-refractivity contribution in [3.8, 4) is 0 Å². The van der Waals surface area contributed by atoms with Crippen LogP contribution < -0.4 is 0 Å². The molecule has 0 aromatic carbocycles. The second-order valence-corrected chi connectivity index (χ2v) is 4.11. The largest absolute Gasteiger partial charge is 0.281 e. The Labute approximate surface area is 86.9 Å². The number of halogens is 1. The monoisotopic (exact) mass is 204 g/mol. The highest BCUT2D eigenvalue weighted by atomic mass is 35.5. The molecule has 0 fully saturated rings. The fraction of sp³-hybridized carbons (Fsp3) is 0.909. The Bertz CT molecular complexity index is 145. The SMILES string of the molecule is CCCC(CC)C(CC)CC(=O)Cl. The van der Waals surface area contributed by atoms with E-state index >= 15 is 0 Å². The van der Waals surface area contributed by atoms with Crippen molar-refractivity contribution >= 4 is 16.8 Å². The van der Waals surface area contributed by atoms with E-state index in [0.717, 1.165) is 12.8 Å². The molecule has 0 aliphatic heterocycles. The lowest BCUT2D eigenvalue weighted by Gasteiger charge is -2.23. The highest BCUT2D eigenvalue weighted by molar-refractivity contribution is 6.63. The Balaban J connectivity index is 4.07. The van der Waals surface area contributed by atoms with Gasteiger partial charge in [-0.05, 0) is 23.4 Å². The summed E-state index contributed by atoms with van der Waals surface area (Å²) in [6, 6.07) is 0. The van der Waals surface area contributed by atoms with Gasteiger partial charge in [-0.3, -0.25) is 4.79 Å². The van der Waals surface area contributed by atoms with E-state index in [0.29, 0.717) is 18.3 Å². The Hall–Kier alpha value is -0.0400. The maximum Gasteiger partial charge on any atom is 0.221 e. The molecule has 0 aliphatic rings. The first-order valence-electron chi connectivity index (χ1n) is 5.33. The first-order chi connectivity index (χ1) is 6.15. The van der Waals surface area contributed by atoms with Crippen LogP contribution >= 0.6 is 11.6 Å². The number of hydrogen-bond donors (Lipinski definition) is 0. The van der Waals surface area contributed by atoms with Crippen molar-refractivity contribution in [3.63, 3.8) is 0 Å². The Kier molecular flexibility index (Phi) is 7.35. The lowest BCUT2D eigenvalue weighted by Crippen LogP contribution is -2.15. The Morgan fingerprint density at radius 3 is 2.00 bits per heavy atom. The minimum Gasteiger partial charge on any atom is -0.281 e. The molecule has 2 heteroatoms. The maximum absolute atomic E-state index is 10.8. The third-order valence-electron chi connectivity index (χ3n) is 2.80. The third kappa shape index (κ3) is 5.30. The van der Waals surface area contributed by atoms with Crippen LogP contribution in [0.4, 0.5) is 0 Å². The van der Waals surface area contributed by atoms with Gasteiger partial charge in [0.05, 0.1) is 0 Å². The molecule has 0 bridgehead atoms. The maximum atomic E-state index is 10.8. The van der Waals surface area contributed by atoms with Gasteiger partial charge in [-0.25, -0.2) is 0 Å². The summed E-state index contributed by atoms with van der Waals surface area (Å²) >= 11 is 5.41. The molecule has 0 spiro atoms. The molecule has 0 amide bonds.